The molecule has 16 heavy (non-hydrogen) atoms. The van der Waals surface area contributed by atoms with Crippen LogP contribution in [0.15, 0.2) is 30.6 Å². The number of carbonyl (C=O) groups is 1. The normalized spacial score (nSPS) is 10.1. The quantitative estimate of drug-likeness (QED) is 0.715. The highest BCUT2D eigenvalue weighted by atomic mass is 19.1. The van der Waals surface area contributed by atoms with Gasteiger partial charge < -0.3 is 4.74 Å². The van der Waals surface area contributed by atoms with Gasteiger partial charge in [-0.2, -0.15) is 15.0 Å². The van der Waals surface area contributed by atoms with Crippen LogP contribution in [0.1, 0.15) is 10.4 Å². The van der Waals surface area contributed by atoms with E-state index in [9.17, 15) is 9.18 Å². The third kappa shape index (κ3) is 1.65. The summed E-state index contributed by atoms with van der Waals surface area (Å²) in [5.74, 6) is -1.42. The molecule has 1 heterocycles. The molecule has 82 valence electrons. The number of esters is 1. The van der Waals surface area contributed by atoms with Crippen molar-refractivity contribution in [2.75, 3.05) is 7.11 Å². The fourth-order valence-electron chi connectivity index (χ4n) is 1.32. The molecule has 0 saturated heterocycles. The van der Waals surface area contributed by atoms with Crippen LogP contribution >= 0.6 is 0 Å². The molecule has 2 aromatic rings. The minimum absolute atomic E-state index is 0.179. The molecule has 2 rings (SSSR count). The maximum atomic E-state index is 13.5. The lowest BCUT2D eigenvalue weighted by Gasteiger charge is -2.07. The molecule has 6 heteroatoms. The topological polar surface area (TPSA) is 57.0 Å². The highest BCUT2D eigenvalue weighted by Gasteiger charge is 2.19. The highest BCUT2D eigenvalue weighted by Crippen LogP contribution is 2.17. The van der Waals surface area contributed by atoms with Crippen LogP contribution < -0.4 is 0 Å². The van der Waals surface area contributed by atoms with E-state index in [2.05, 4.69) is 14.9 Å². The monoisotopic (exact) mass is 221 g/mol. The van der Waals surface area contributed by atoms with Gasteiger partial charge in [-0.3, -0.25) is 0 Å². The van der Waals surface area contributed by atoms with Gasteiger partial charge >= 0.3 is 5.97 Å². The first-order chi connectivity index (χ1) is 7.74. The molecule has 0 fully saturated rings. The molecule has 0 bridgehead atoms. The molecular weight excluding hydrogens is 213 g/mol. The summed E-state index contributed by atoms with van der Waals surface area (Å²) in [6.07, 6.45) is 2.87. The zero-order chi connectivity index (χ0) is 11.5. The minimum atomic E-state index is -0.759. The lowest BCUT2D eigenvalue weighted by molar-refractivity contribution is 0.0595. The molecule has 0 aliphatic rings. The first kappa shape index (κ1) is 10.3. The van der Waals surface area contributed by atoms with E-state index in [0.717, 1.165) is 4.80 Å². The average Bonchev–Trinajstić information content (AvgIpc) is 2.81. The number of carbonyl (C=O) groups excluding carboxylic acids is 1. The number of hydrogen-bond donors (Lipinski definition) is 0. The van der Waals surface area contributed by atoms with Gasteiger partial charge in [0.05, 0.1) is 19.5 Å². The van der Waals surface area contributed by atoms with Gasteiger partial charge in [-0.1, -0.05) is 6.07 Å². The van der Waals surface area contributed by atoms with E-state index in [4.69, 9.17) is 0 Å². The van der Waals surface area contributed by atoms with E-state index in [1.165, 1.54) is 37.7 Å². The van der Waals surface area contributed by atoms with Crippen LogP contribution in [-0.2, 0) is 4.74 Å². The molecule has 0 radical (unpaired) electrons. The number of benzene rings is 1. The Kier molecular flexibility index (Phi) is 2.63. The summed E-state index contributed by atoms with van der Waals surface area (Å²) in [7, 11) is 1.19. The lowest BCUT2D eigenvalue weighted by atomic mass is 10.1. The fourth-order valence-corrected chi connectivity index (χ4v) is 1.32. The molecule has 1 aromatic carbocycles. The number of aromatic nitrogens is 3. The molecule has 0 amide bonds. The maximum absolute atomic E-state index is 13.5. The molecule has 0 aliphatic heterocycles. The highest BCUT2D eigenvalue weighted by molar-refractivity contribution is 5.93. The van der Waals surface area contributed by atoms with Gasteiger partial charge in [0, 0.05) is 0 Å². The molecule has 0 aliphatic carbocycles. The zero-order valence-electron chi connectivity index (χ0n) is 8.42. The zero-order valence-corrected chi connectivity index (χ0v) is 8.42. The minimum Gasteiger partial charge on any atom is -0.465 e. The Balaban J connectivity index is 2.62. The Morgan fingerprint density at radius 1 is 1.38 bits per heavy atom. The van der Waals surface area contributed by atoms with Crippen molar-refractivity contribution < 1.29 is 13.9 Å². The standard InChI is InChI=1S/C10H8FN3O2/c1-16-10(15)9-7(11)3-2-4-8(9)14-12-5-6-13-14/h2-6H,1H3. The molecule has 0 N–H and O–H groups in total. The van der Waals surface area contributed by atoms with Gasteiger partial charge in [0.1, 0.15) is 17.1 Å². The third-order valence-electron chi connectivity index (χ3n) is 2.02. The summed E-state index contributed by atoms with van der Waals surface area (Å²) in [5.41, 5.74) is 0.0676. The van der Waals surface area contributed by atoms with Gasteiger partial charge in [-0.25, -0.2) is 9.18 Å². The van der Waals surface area contributed by atoms with Crippen LogP contribution in [0.3, 0.4) is 0 Å². The Labute approximate surface area is 90.5 Å². The maximum Gasteiger partial charge on any atom is 0.343 e. The van der Waals surface area contributed by atoms with Crippen molar-refractivity contribution in [2.45, 2.75) is 0 Å². The Hall–Kier alpha value is -2.24. The number of halogens is 1. The summed E-state index contributed by atoms with van der Waals surface area (Å²) in [6.45, 7) is 0. The van der Waals surface area contributed by atoms with Crippen LogP contribution in [0, 0.1) is 5.82 Å². The predicted octanol–water partition coefficient (Wildman–Crippen LogP) is 1.19. The van der Waals surface area contributed by atoms with Crippen molar-refractivity contribution in [1.29, 1.82) is 0 Å². The first-order valence-electron chi connectivity index (χ1n) is 4.47. The summed E-state index contributed by atoms with van der Waals surface area (Å²) in [4.78, 5) is 12.6. The SMILES string of the molecule is COC(=O)c1c(F)cccc1-n1nccn1. The number of rotatable bonds is 2. The smallest absolute Gasteiger partial charge is 0.343 e. The van der Waals surface area contributed by atoms with E-state index >= 15 is 0 Å². The molecule has 0 spiro atoms. The number of ether oxygens (including phenoxy) is 1. The van der Waals surface area contributed by atoms with Gasteiger partial charge in [0.2, 0.25) is 0 Å². The summed E-state index contributed by atoms with van der Waals surface area (Å²) in [6, 6.07) is 4.19. The first-order valence-corrected chi connectivity index (χ1v) is 4.47. The van der Waals surface area contributed by atoms with Crippen molar-refractivity contribution in [3.8, 4) is 5.69 Å². The van der Waals surface area contributed by atoms with Crippen molar-refractivity contribution >= 4 is 5.97 Å². The number of nitrogens with zero attached hydrogens (tertiary/aromatic N) is 3. The van der Waals surface area contributed by atoms with Crippen LogP contribution in [0.5, 0.6) is 0 Å². The van der Waals surface area contributed by atoms with Gasteiger partial charge in [-0.15, -0.1) is 0 Å². The molecule has 0 unspecified atom stereocenters. The predicted molar refractivity (Wildman–Crippen MR) is 52.7 cm³/mol. The van der Waals surface area contributed by atoms with Crippen LogP contribution in [0.25, 0.3) is 5.69 Å². The van der Waals surface area contributed by atoms with Gasteiger partial charge in [0.15, 0.2) is 0 Å². The van der Waals surface area contributed by atoms with Gasteiger partial charge in [0.25, 0.3) is 0 Å². The van der Waals surface area contributed by atoms with E-state index in [0.29, 0.717) is 0 Å². The molecular formula is C10H8FN3O2. The molecule has 1 aromatic heterocycles. The molecule has 5 nitrogen and oxygen atoms in total. The van der Waals surface area contributed by atoms with E-state index in [-0.39, 0.29) is 11.3 Å². The number of hydrogen-bond acceptors (Lipinski definition) is 4. The second kappa shape index (κ2) is 4.09. The second-order valence-electron chi connectivity index (χ2n) is 2.94. The molecule has 0 atom stereocenters. The van der Waals surface area contributed by atoms with Crippen molar-refractivity contribution in [1.82, 2.24) is 15.0 Å². The fraction of sp³-hybridized carbons (Fsp3) is 0.100. The third-order valence-corrected chi connectivity index (χ3v) is 2.02. The summed E-state index contributed by atoms with van der Waals surface area (Å²) in [5, 5.41) is 7.67. The van der Waals surface area contributed by atoms with E-state index in [1.54, 1.807) is 0 Å². The van der Waals surface area contributed by atoms with Crippen LogP contribution in [-0.4, -0.2) is 28.1 Å². The Morgan fingerprint density at radius 3 is 2.69 bits per heavy atom. The molecule has 0 saturated carbocycles. The number of methoxy groups -OCH3 is 1. The van der Waals surface area contributed by atoms with Crippen LogP contribution in [0.4, 0.5) is 4.39 Å². The Bertz CT molecular complexity index is 511. The van der Waals surface area contributed by atoms with E-state index < -0.39 is 11.8 Å². The average molecular weight is 221 g/mol. The summed E-state index contributed by atoms with van der Waals surface area (Å²) >= 11 is 0. The largest absolute Gasteiger partial charge is 0.465 e. The van der Waals surface area contributed by atoms with Crippen molar-refractivity contribution in [3.63, 3.8) is 0 Å². The van der Waals surface area contributed by atoms with Crippen LogP contribution in [0.2, 0.25) is 0 Å². The van der Waals surface area contributed by atoms with E-state index in [1.807, 2.05) is 0 Å². The lowest BCUT2D eigenvalue weighted by Crippen LogP contribution is -2.12. The van der Waals surface area contributed by atoms with Gasteiger partial charge in [-0.05, 0) is 12.1 Å². The summed E-state index contributed by atoms with van der Waals surface area (Å²) < 4.78 is 18.0. The second-order valence-corrected chi connectivity index (χ2v) is 2.94. The Morgan fingerprint density at radius 2 is 2.06 bits per heavy atom. The van der Waals surface area contributed by atoms with Crippen molar-refractivity contribution in [2.24, 2.45) is 0 Å². The van der Waals surface area contributed by atoms with Crippen molar-refractivity contribution in [3.05, 3.63) is 42.0 Å².